The molecule has 0 atom stereocenters. The van der Waals surface area contributed by atoms with Crippen LogP contribution in [0.3, 0.4) is 0 Å². The molecule has 14 heavy (non-hydrogen) atoms. The summed E-state index contributed by atoms with van der Waals surface area (Å²) < 4.78 is 2.03. The molecule has 3 heteroatoms. The maximum atomic E-state index is 5.89. The van der Waals surface area contributed by atoms with E-state index in [2.05, 4.69) is 0 Å². The molecule has 0 radical (unpaired) electrons. The van der Waals surface area contributed by atoms with Gasteiger partial charge in [0.25, 0.3) is 0 Å². The first-order valence-corrected chi connectivity index (χ1v) is 4.45. The van der Waals surface area contributed by atoms with Gasteiger partial charge in [0.05, 0.1) is 0 Å². The molecule has 72 valence electrons. The van der Waals surface area contributed by atoms with E-state index in [0.29, 0.717) is 11.4 Å². The highest BCUT2D eigenvalue weighted by Gasteiger charge is 2.04. The first-order chi connectivity index (χ1) is 6.68. The summed E-state index contributed by atoms with van der Waals surface area (Å²) in [7, 11) is 1.99. The zero-order valence-corrected chi connectivity index (χ0v) is 8.07. The SMILES string of the molecule is Cn1cccc1-c1ccc(N)cc1N. The van der Waals surface area contributed by atoms with Gasteiger partial charge in [-0.25, -0.2) is 0 Å². The van der Waals surface area contributed by atoms with E-state index in [0.717, 1.165) is 11.3 Å². The summed E-state index contributed by atoms with van der Waals surface area (Å²) in [6, 6.07) is 9.61. The number of aryl methyl sites for hydroxylation is 1. The first-order valence-electron chi connectivity index (χ1n) is 4.45. The van der Waals surface area contributed by atoms with E-state index in [9.17, 15) is 0 Å². The zero-order chi connectivity index (χ0) is 10.1. The molecular formula is C11H13N3. The van der Waals surface area contributed by atoms with Crippen LogP contribution in [0.15, 0.2) is 36.5 Å². The van der Waals surface area contributed by atoms with Crippen molar-refractivity contribution in [3.05, 3.63) is 36.5 Å². The molecule has 0 aliphatic rings. The smallest absolute Gasteiger partial charge is 0.0498 e. The number of hydrogen-bond acceptors (Lipinski definition) is 2. The monoisotopic (exact) mass is 187 g/mol. The summed E-state index contributed by atoms with van der Waals surface area (Å²) >= 11 is 0. The van der Waals surface area contributed by atoms with Gasteiger partial charge in [-0.3, -0.25) is 0 Å². The minimum atomic E-state index is 0.695. The lowest BCUT2D eigenvalue weighted by Crippen LogP contribution is -1.96. The first kappa shape index (κ1) is 8.69. The Morgan fingerprint density at radius 2 is 1.93 bits per heavy atom. The Morgan fingerprint density at radius 3 is 2.50 bits per heavy atom. The van der Waals surface area contributed by atoms with Crippen molar-refractivity contribution >= 4 is 11.4 Å². The predicted molar refractivity (Wildman–Crippen MR) is 59.7 cm³/mol. The molecule has 0 aliphatic carbocycles. The van der Waals surface area contributed by atoms with Crippen molar-refractivity contribution in [2.75, 3.05) is 11.5 Å². The summed E-state index contributed by atoms with van der Waals surface area (Å²) in [5.41, 5.74) is 15.0. The molecule has 0 saturated carbocycles. The van der Waals surface area contributed by atoms with Crippen LogP contribution in [0, 0.1) is 0 Å². The van der Waals surface area contributed by atoms with Crippen molar-refractivity contribution in [1.29, 1.82) is 0 Å². The van der Waals surface area contributed by atoms with Gasteiger partial charge in [-0.05, 0) is 30.3 Å². The van der Waals surface area contributed by atoms with E-state index in [-0.39, 0.29) is 0 Å². The molecule has 0 bridgehead atoms. The third kappa shape index (κ3) is 1.33. The Kier molecular flexibility index (Phi) is 1.93. The van der Waals surface area contributed by atoms with Gasteiger partial charge in [0.1, 0.15) is 0 Å². The highest BCUT2D eigenvalue weighted by atomic mass is 14.9. The summed E-state index contributed by atoms with van der Waals surface area (Å²) in [6.07, 6.45) is 1.99. The molecule has 3 nitrogen and oxygen atoms in total. The Hall–Kier alpha value is -1.90. The standard InChI is InChI=1S/C11H13N3/c1-14-6-2-3-11(14)9-5-4-8(12)7-10(9)13/h2-7H,12-13H2,1H3. The van der Waals surface area contributed by atoms with Gasteiger partial charge in [0, 0.05) is 35.9 Å². The van der Waals surface area contributed by atoms with Crippen LogP contribution in [0.25, 0.3) is 11.3 Å². The van der Waals surface area contributed by atoms with Crippen LogP contribution in [-0.2, 0) is 7.05 Å². The van der Waals surface area contributed by atoms with Crippen molar-refractivity contribution in [3.63, 3.8) is 0 Å². The van der Waals surface area contributed by atoms with Crippen LogP contribution in [0.4, 0.5) is 11.4 Å². The second-order valence-electron chi connectivity index (χ2n) is 3.35. The van der Waals surface area contributed by atoms with Crippen molar-refractivity contribution in [1.82, 2.24) is 4.57 Å². The fourth-order valence-electron chi connectivity index (χ4n) is 1.56. The lowest BCUT2D eigenvalue weighted by atomic mass is 10.1. The Morgan fingerprint density at radius 1 is 1.14 bits per heavy atom. The molecule has 0 fully saturated rings. The average Bonchev–Trinajstić information content (AvgIpc) is 2.52. The number of benzene rings is 1. The molecule has 0 saturated heterocycles. The Labute approximate surface area is 83.0 Å². The van der Waals surface area contributed by atoms with E-state index in [4.69, 9.17) is 11.5 Å². The highest BCUT2D eigenvalue weighted by Crippen LogP contribution is 2.27. The average molecular weight is 187 g/mol. The third-order valence-corrected chi connectivity index (χ3v) is 2.30. The van der Waals surface area contributed by atoms with Crippen LogP contribution in [0.2, 0.25) is 0 Å². The van der Waals surface area contributed by atoms with Crippen molar-refractivity contribution < 1.29 is 0 Å². The molecule has 1 aromatic carbocycles. The zero-order valence-electron chi connectivity index (χ0n) is 8.07. The second kappa shape index (κ2) is 3.10. The van der Waals surface area contributed by atoms with Crippen LogP contribution < -0.4 is 11.5 Å². The maximum absolute atomic E-state index is 5.89. The minimum Gasteiger partial charge on any atom is -0.399 e. The summed E-state index contributed by atoms with van der Waals surface area (Å²) in [5.74, 6) is 0. The number of nitrogens with two attached hydrogens (primary N) is 2. The van der Waals surface area contributed by atoms with Gasteiger partial charge < -0.3 is 16.0 Å². The number of nitrogen functional groups attached to an aromatic ring is 2. The van der Waals surface area contributed by atoms with E-state index in [1.807, 2.05) is 42.1 Å². The molecule has 1 heterocycles. The summed E-state index contributed by atoms with van der Waals surface area (Å²) in [5, 5.41) is 0. The second-order valence-corrected chi connectivity index (χ2v) is 3.35. The normalized spacial score (nSPS) is 10.4. The lowest BCUT2D eigenvalue weighted by molar-refractivity contribution is 0.937. The van der Waals surface area contributed by atoms with Crippen molar-refractivity contribution in [3.8, 4) is 11.3 Å². The van der Waals surface area contributed by atoms with E-state index >= 15 is 0 Å². The number of anilines is 2. The molecule has 0 aliphatic heterocycles. The lowest BCUT2D eigenvalue weighted by Gasteiger charge is -2.07. The topological polar surface area (TPSA) is 57.0 Å². The minimum absolute atomic E-state index is 0.695. The largest absolute Gasteiger partial charge is 0.399 e. The number of aromatic nitrogens is 1. The molecule has 0 spiro atoms. The Bertz CT molecular complexity index is 457. The molecule has 0 amide bonds. The van der Waals surface area contributed by atoms with Gasteiger partial charge in [-0.1, -0.05) is 0 Å². The highest BCUT2D eigenvalue weighted by molar-refractivity contribution is 5.77. The summed E-state index contributed by atoms with van der Waals surface area (Å²) in [4.78, 5) is 0. The fraction of sp³-hybridized carbons (Fsp3) is 0.0909. The van der Waals surface area contributed by atoms with Crippen LogP contribution in [-0.4, -0.2) is 4.57 Å². The number of rotatable bonds is 1. The quantitative estimate of drug-likeness (QED) is 0.669. The van der Waals surface area contributed by atoms with E-state index < -0.39 is 0 Å². The molecule has 0 unspecified atom stereocenters. The van der Waals surface area contributed by atoms with Gasteiger partial charge in [-0.15, -0.1) is 0 Å². The Balaban J connectivity index is 2.58. The summed E-state index contributed by atoms with van der Waals surface area (Å²) in [6.45, 7) is 0. The van der Waals surface area contributed by atoms with Crippen molar-refractivity contribution in [2.45, 2.75) is 0 Å². The van der Waals surface area contributed by atoms with Gasteiger partial charge >= 0.3 is 0 Å². The fourth-order valence-corrected chi connectivity index (χ4v) is 1.56. The van der Waals surface area contributed by atoms with Gasteiger partial charge in [0.2, 0.25) is 0 Å². The molecule has 1 aromatic heterocycles. The third-order valence-electron chi connectivity index (χ3n) is 2.30. The molecule has 2 aromatic rings. The van der Waals surface area contributed by atoms with Crippen molar-refractivity contribution in [2.24, 2.45) is 7.05 Å². The predicted octanol–water partition coefficient (Wildman–Crippen LogP) is 1.86. The molecule has 4 N–H and O–H groups in total. The van der Waals surface area contributed by atoms with Crippen LogP contribution in [0.5, 0.6) is 0 Å². The van der Waals surface area contributed by atoms with Crippen LogP contribution >= 0.6 is 0 Å². The van der Waals surface area contributed by atoms with E-state index in [1.165, 1.54) is 0 Å². The number of nitrogens with zero attached hydrogens (tertiary/aromatic N) is 1. The van der Waals surface area contributed by atoms with Gasteiger partial charge in [-0.2, -0.15) is 0 Å². The van der Waals surface area contributed by atoms with Gasteiger partial charge in [0.15, 0.2) is 0 Å². The molecule has 2 rings (SSSR count). The van der Waals surface area contributed by atoms with Crippen LogP contribution in [0.1, 0.15) is 0 Å². The molecular weight excluding hydrogens is 174 g/mol. The maximum Gasteiger partial charge on any atom is 0.0498 e. The number of hydrogen-bond donors (Lipinski definition) is 2. The van der Waals surface area contributed by atoms with E-state index in [1.54, 1.807) is 6.07 Å².